The Morgan fingerprint density at radius 2 is 0.594 bits per heavy atom. The second-order valence-corrected chi connectivity index (χ2v) is 15.9. The van der Waals surface area contributed by atoms with E-state index in [0.717, 1.165) is 68.6 Å². The zero-order valence-electron chi connectivity index (χ0n) is 35.6. The molecule has 1 aromatic heterocycles. The van der Waals surface area contributed by atoms with E-state index >= 15 is 0 Å². The van der Waals surface area contributed by atoms with Gasteiger partial charge in [-0.3, -0.25) is 0 Å². The number of benzene rings is 8. The molecule has 0 fully saturated rings. The van der Waals surface area contributed by atoms with Gasteiger partial charge < -0.3 is 14.7 Å². The van der Waals surface area contributed by atoms with E-state index in [1.807, 2.05) is 24.3 Å². The van der Waals surface area contributed by atoms with Crippen LogP contribution in [0, 0.1) is 5.92 Å². The number of hydrogen-bond acceptors (Lipinski definition) is 6. The third kappa shape index (κ3) is 8.58. The summed E-state index contributed by atoms with van der Waals surface area (Å²) in [5.74, 6) is 2.25. The lowest BCUT2D eigenvalue weighted by atomic mass is 9.98. The van der Waals surface area contributed by atoms with Crippen molar-refractivity contribution in [2.24, 2.45) is 5.92 Å². The third-order valence-electron chi connectivity index (χ3n) is 11.4. The molecule has 0 amide bonds. The molecule has 1 heterocycles. The van der Waals surface area contributed by atoms with Crippen LogP contribution in [0.3, 0.4) is 0 Å². The molecule has 6 nitrogen and oxygen atoms in total. The monoisotopic (exact) mass is 826 g/mol. The molecule has 0 saturated heterocycles. The zero-order chi connectivity index (χ0) is 43.1. The molecular formula is C58H46N6. The summed E-state index contributed by atoms with van der Waals surface area (Å²) < 4.78 is 0. The van der Waals surface area contributed by atoms with Crippen molar-refractivity contribution in [3.05, 3.63) is 248 Å². The molecule has 308 valence electrons. The van der Waals surface area contributed by atoms with Crippen molar-refractivity contribution in [2.75, 3.05) is 14.7 Å². The lowest BCUT2D eigenvalue weighted by Crippen LogP contribution is -2.19. The van der Waals surface area contributed by atoms with Crippen LogP contribution in [0.2, 0.25) is 0 Å². The fourth-order valence-corrected chi connectivity index (χ4v) is 8.29. The van der Waals surface area contributed by atoms with Crippen LogP contribution >= 0.6 is 0 Å². The van der Waals surface area contributed by atoms with E-state index in [-0.39, 0.29) is 0 Å². The summed E-state index contributed by atoms with van der Waals surface area (Å²) in [6.07, 6.45) is 7.61. The minimum absolute atomic E-state index is 0.454. The number of nitrogens with zero attached hydrogens (tertiary/aromatic N) is 6. The van der Waals surface area contributed by atoms with Crippen LogP contribution in [-0.4, -0.2) is 15.0 Å². The average Bonchev–Trinajstić information content (AvgIpc) is 3.36. The van der Waals surface area contributed by atoms with E-state index in [0.29, 0.717) is 23.4 Å². The van der Waals surface area contributed by atoms with E-state index in [9.17, 15) is 0 Å². The molecule has 1 aliphatic rings. The van der Waals surface area contributed by atoms with Crippen molar-refractivity contribution in [2.45, 2.75) is 13.3 Å². The highest BCUT2D eigenvalue weighted by molar-refractivity contribution is 5.80. The van der Waals surface area contributed by atoms with Gasteiger partial charge in [-0.1, -0.05) is 110 Å². The van der Waals surface area contributed by atoms with Gasteiger partial charge in [0.15, 0.2) is 17.5 Å². The Labute approximate surface area is 375 Å². The maximum Gasteiger partial charge on any atom is 0.164 e. The molecule has 8 aromatic carbocycles. The molecular weight excluding hydrogens is 781 g/mol. The highest BCUT2D eigenvalue weighted by Crippen LogP contribution is 2.39. The summed E-state index contributed by atoms with van der Waals surface area (Å²) >= 11 is 0. The number of allylic oxidation sites excluding steroid dienone is 4. The van der Waals surface area contributed by atoms with Gasteiger partial charge in [-0.15, -0.1) is 0 Å². The van der Waals surface area contributed by atoms with Gasteiger partial charge in [0.05, 0.1) is 0 Å². The first kappa shape index (κ1) is 39.8. The van der Waals surface area contributed by atoms with Crippen molar-refractivity contribution in [3.8, 4) is 34.2 Å². The molecule has 64 heavy (non-hydrogen) atoms. The summed E-state index contributed by atoms with van der Waals surface area (Å²) in [5.41, 5.74) is 12.5. The summed E-state index contributed by atoms with van der Waals surface area (Å²) in [5, 5.41) is 0. The lowest BCUT2D eigenvalue weighted by Gasteiger charge is -2.30. The van der Waals surface area contributed by atoms with Gasteiger partial charge in [-0.05, 0) is 152 Å². The first-order chi connectivity index (χ1) is 31.6. The number of rotatable bonds is 12. The van der Waals surface area contributed by atoms with Gasteiger partial charge in [-0.2, -0.15) is 0 Å². The van der Waals surface area contributed by atoms with Crippen molar-refractivity contribution in [3.63, 3.8) is 0 Å². The molecule has 1 aliphatic carbocycles. The van der Waals surface area contributed by atoms with Gasteiger partial charge in [0.2, 0.25) is 0 Å². The minimum Gasteiger partial charge on any atom is -0.314 e. The van der Waals surface area contributed by atoms with E-state index < -0.39 is 0 Å². The average molecular weight is 827 g/mol. The van der Waals surface area contributed by atoms with Gasteiger partial charge in [0.25, 0.3) is 0 Å². The zero-order valence-corrected chi connectivity index (χ0v) is 35.6. The Balaban J connectivity index is 1.05. The van der Waals surface area contributed by atoms with Crippen molar-refractivity contribution in [1.82, 2.24) is 15.0 Å². The van der Waals surface area contributed by atoms with Crippen LogP contribution in [-0.2, 0) is 0 Å². The molecule has 0 bridgehead atoms. The fourth-order valence-electron chi connectivity index (χ4n) is 8.29. The summed E-state index contributed by atoms with van der Waals surface area (Å²) in [6.45, 7) is 2.26. The lowest BCUT2D eigenvalue weighted by molar-refractivity contribution is 0.696. The van der Waals surface area contributed by atoms with Crippen LogP contribution in [0.25, 0.3) is 34.2 Å². The molecule has 0 radical (unpaired) electrons. The standard InChI is InChI=1S/C58H46N6/c1-43-18-17-29-55(42-43)64(51-27-15-6-16-28-51)54-40-34-46(35-41-54)58-60-56(44-30-36-52(37-31-44)62(47-19-7-2-8-20-47)48-21-9-3-10-22-48)59-57(61-58)45-32-38-53(39-33-45)63(49-23-11-4-12-24-49)50-25-13-5-14-26-50/h2-41,43H,42H2,1H3. The topological polar surface area (TPSA) is 48.4 Å². The maximum absolute atomic E-state index is 5.17. The van der Waals surface area contributed by atoms with E-state index in [2.05, 4.69) is 240 Å². The van der Waals surface area contributed by atoms with Crippen molar-refractivity contribution in [1.29, 1.82) is 0 Å². The molecule has 10 rings (SSSR count). The first-order valence-electron chi connectivity index (χ1n) is 21.7. The molecule has 1 atom stereocenters. The van der Waals surface area contributed by atoms with Crippen LogP contribution in [0.15, 0.2) is 248 Å². The van der Waals surface area contributed by atoms with Gasteiger partial charge in [-0.25, -0.2) is 15.0 Å². The maximum atomic E-state index is 5.17. The van der Waals surface area contributed by atoms with Crippen molar-refractivity contribution >= 4 is 45.5 Å². The molecule has 0 aliphatic heterocycles. The van der Waals surface area contributed by atoms with E-state index in [4.69, 9.17) is 15.0 Å². The van der Waals surface area contributed by atoms with Gasteiger partial charge >= 0.3 is 0 Å². The summed E-state index contributed by atoms with van der Waals surface area (Å²) in [7, 11) is 0. The largest absolute Gasteiger partial charge is 0.314 e. The van der Waals surface area contributed by atoms with Gasteiger partial charge in [0, 0.05) is 67.9 Å². The summed E-state index contributed by atoms with van der Waals surface area (Å²) in [6, 6.07) is 77.9. The minimum atomic E-state index is 0.454. The molecule has 1 unspecified atom stereocenters. The Morgan fingerprint density at radius 3 is 0.891 bits per heavy atom. The number of anilines is 8. The van der Waals surface area contributed by atoms with Crippen LogP contribution in [0.4, 0.5) is 45.5 Å². The Kier molecular flexibility index (Phi) is 11.4. The Bertz CT molecular complexity index is 2770. The summed E-state index contributed by atoms with van der Waals surface area (Å²) in [4.78, 5) is 22.4. The second kappa shape index (κ2) is 18.3. The molecule has 0 saturated carbocycles. The highest BCUT2D eigenvalue weighted by atomic mass is 15.2. The van der Waals surface area contributed by atoms with Crippen LogP contribution in [0.1, 0.15) is 13.3 Å². The third-order valence-corrected chi connectivity index (χ3v) is 11.4. The molecule has 0 spiro atoms. The van der Waals surface area contributed by atoms with E-state index in [1.54, 1.807) is 0 Å². The first-order valence-corrected chi connectivity index (χ1v) is 21.7. The molecule has 6 heteroatoms. The van der Waals surface area contributed by atoms with E-state index in [1.165, 1.54) is 5.70 Å². The number of aromatic nitrogens is 3. The fraction of sp³-hybridized carbons (Fsp3) is 0.0517. The second-order valence-electron chi connectivity index (χ2n) is 15.9. The van der Waals surface area contributed by atoms with Crippen LogP contribution in [0.5, 0.6) is 0 Å². The predicted molar refractivity (Wildman–Crippen MR) is 265 cm³/mol. The van der Waals surface area contributed by atoms with Crippen LogP contribution < -0.4 is 14.7 Å². The molecule has 9 aromatic rings. The number of hydrogen-bond donors (Lipinski definition) is 0. The SMILES string of the molecule is CC1C=CC=C(N(c2ccccc2)c2ccc(-c3nc(-c4ccc(N(c5ccccc5)c5ccccc5)cc4)nc(-c4ccc(N(c5ccccc5)c5ccccc5)cc4)n3)cc2)C1. The van der Waals surface area contributed by atoms with Gasteiger partial charge in [0.1, 0.15) is 0 Å². The van der Waals surface area contributed by atoms with Crippen molar-refractivity contribution < 1.29 is 0 Å². The predicted octanol–water partition coefficient (Wildman–Crippen LogP) is 15.4. The quantitative estimate of drug-likeness (QED) is 0.122. The molecule has 0 N–H and O–H groups in total. The highest BCUT2D eigenvalue weighted by Gasteiger charge is 2.20. The number of para-hydroxylation sites is 5. The Hall–Kier alpha value is -8.35. The normalized spacial score (nSPS) is 13.2. The Morgan fingerprint density at radius 1 is 0.328 bits per heavy atom. The smallest absolute Gasteiger partial charge is 0.164 e.